The van der Waals surface area contributed by atoms with Crippen LogP contribution in [0.2, 0.25) is 6.82 Å². The lowest BCUT2D eigenvalue weighted by Gasteiger charge is -2.29. The van der Waals surface area contributed by atoms with E-state index in [1.807, 2.05) is 55.4 Å². The van der Waals surface area contributed by atoms with Crippen molar-refractivity contribution in [3.63, 3.8) is 0 Å². The molecule has 0 spiro atoms. The van der Waals surface area contributed by atoms with Gasteiger partial charge in [-0.1, -0.05) is 109 Å². The highest BCUT2D eigenvalue weighted by Crippen LogP contribution is 2.52. The summed E-state index contributed by atoms with van der Waals surface area (Å²) in [5, 5.41) is 12.3. The Morgan fingerprint density at radius 2 is 1.18 bits per heavy atom. The minimum absolute atomic E-state index is 0.917. The first kappa shape index (κ1) is 17.0. The standard InChI is InChI=1S/C26H20BO/c1-27-19-15-16-22-21-12-6-8-14-24(21)26(28,25(22)17-19)23-13-7-5-11-20(23)18-9-3-2-4-10-18/h2-17,28H,1H3. The Morgan fingerprint density at radius 1 is 0.607 bits per heavy atom. The van der Waals surface area contributed by atoms with E-state index in [1.54, 1.807) is 0 Å². The van der Waals surface area contributed by atoms with E-state index in [4.69, 9.17) is 0 Å². The molecular formula is C26H20BO. The predicted molar refractivity (Wildman–Crippen MR) is 117 cm³/mol. The van der Waals surface area contributed by atoms with Crippen molar-refractivity contribution in [2.75, 3.05) is 0 Å². The van der Waals surface area contributed by atoms with Gasteiger partial charge in [0.1, 0.15) is 12.9 Å². The molecule has 0 aromatic heterocycles. The molecule has 0 bridgehead atoms. The average Bonchev–Trinajstić information content (AvgIpc) is 3.03. The number of hydrogen-bond donors (Lipinski definition) is 1. The number of rotatable bonds is 3. The van der Waals surface area contributed by atoms with Crippen LogP contribution >= 0.6 is 0 Å². The minimum Gasteiger partial charge on any atom is -0.376 e. The molecule has 0 heterocycles. The highest BCUT2D eigenvalue weighted by molar-refractivity contribution is 6.52. The average molecular weight is 359 g/mol. The van der Waals surface area contributed by atoms with Gasteiger partial charge in [-0.15, -0.1) is 0 Å². The fourth-order valence-electron chi connectivity index (χ4n) is 4.41. The molecule has 4 aromatic rings. The van der Waals surface area contributed by atoms with E-state index >= 15 is 0 Å². The van der Waals surface area contributed by atoms with Crippen LogP contribution in [0.15, 0.2) is 97.1 Å². The first-order valence-electron chi connectivity index (χ1n) is 9.64. The largest absolute Gasteiger partial charge is 0.376 e. The van der Waals surface area contributed by atoms with Gasteiger partial charge in [0.2, 0.25) is 0 Å². The minimum atomic E-state index is -1.18. The third-order valence-corrected chi connectivity index (χ3v) is 5.78. The fraction of sp³-hybridized carbons (Fsp3) is 0.0769. The van der Waals surface area contributed by atoms with Crippen molar-refractivity contribution >= 4 is 12.7 Å². The maximum absolute atomic E-state index is 12.3. The maximum Gasteiger partial charge on any atom is 0.148 e. The number of fused-ring (bicyclic) bond motifs is 3. The molecule has 1 aliphatic rings. The van der Waals surface area contributed by atoms with Crippen LogP contribution in [-0.2, 0) is 5.60 Å². The number of hydrogen-bond acceptors (Lipinski definition) is 1. The first-order chi connectivity index (χ1) is 13.7. The van der Waals surface area contributed by atoms with E-state index in [2.05, 4.69) is 55.8 Å². The molecule has 0 amide bonds. The third kappa shape index (κ3) is 2.38. The Kier molecular flexibility index (Phi) is 3.96. The van der Waals surface area contributed by atoms with Gasteiger partial charge >= 0.3 is 0 Å². The van der Waals surface area contributed by atoms with Crippen molar-refractivity contribution in [3.05, 3.63) is 114 Å². The quantitative estimate of drug-likeness (QED) is 0.511. The van der Waals surface area contributed by atoms with Crippen molar-refractivity contribution in [2.24, 2.45) is 0 Å². The molecule has 4 aromatic carbocycles. The van der Waals surface area contributed by atoms with Crippen LogP contribution in [0.5, 0.6) is 0 Å². The molecule has 1 aliphatic carbocycles. The van der Waals surface area contributed by atoms with Gasteiger partial charge in [-0.3, -0.25) is 0 Å². The summed E-state index contributed by atoms with van der Waals surface area (Å²) in [6.07, 6.45) is 0. The normalized spacial score (nSPS) is 17.1. The highest BCUT2D eigenvalue weighted by atomic mass is 16.3. The summed E-state index contributed by atoms with van der Waals surface area (Å²) in [4.78, 5) is 0. The molecular weight excluding hydrogens is 339 g/mol. The first-order valence-corrected chi connectivity index (χ1v) is 9.64. The molecule has 0 saturated carbocycles. The van der Waals surface area contributed by atoms with Gasteiger partial charge in [-0.05, 0) is 27.8 Å². The summed E-state index contributed by atoms with van der Waals surface area (Å²) in [7, 11) is 2.08. The fourth-order valence-corrected chi connectivity index (χ4v) is 4.41. The van der Waals surface area contributed by atoms with Crippen LogP contribution < -0.4 is 5.46 Å². The Balaban J connectivity index is 1.84. The molecule has 1 N–H and O–H groups in total. The molecule has 1 radical (unpaired) electrons. The molecule has 0 fully saturated rings. The Morgan fingerprint density at radius 3 is 1.89 bits per heavy atom. The summed E-state index contributed by atoms with van der Waals surface area (Å²) in [6, 6.07) is 33.1. The number of benzene rings is 4. The van der Waals surface area contributed by atoms with E-state index in [0.29, 0.717) is 0 Å². The lowest BCUT2D eigenvalue weighted by molar-refractivity contribution is 0.131. The molecule has 1 nitrogen and oxygen atoms in total. The van der Waals surface area contributed by atoms with Gasteiger partial charge in [0.15, 0.2) is 0 Å². The molecule has 0 aliphatic heterocycles. The second-order valence-electron chi connectivity index (χ2n) is 7.26. The maximum atomic E-state index is 12.3. The molecule has 1 atom stereocenters. The highest BCUT2D eigenvalue weighted by Gasteiger charge is 2.44. The second-order valence-corrected chi connectivity index (χ2v) is 7.26. The summed E-state index contributed by atoms with van der Waals surface area (Å²) >= 11 is 0. The third-order valence-electron chi connectivity index (χ3n) is 5.78. The molecule has 1 unspecified atom stereocenters. The molecule has 133 valence electrons. The summed E-state index contributed by atoms with van der Waals surface area (Å²) in [6.45, 7) is 2.03. The van der Waals surface area contributed by atoms with E-state index in [0.717, 1.165) is 44.4 Å². The topological polar surface area (TPSA) is 20.2 Å². The van der Waals surface area contributed by atoms with E-state index in [-0.39, 0.29) is 0 Å². The molecule has 2 heteroatoms. The Hall–Kier alpha value is -3.10. The molecule has 28 heavy (non-hydrogen) atoms. The van der Waals surface area contributed by atoms with Crippen molar-refractivity contribution in [1.82, 2.24) is 0 Å². The van der Waals surface area contributed by atoms with Gasteiger partial charge in [0.05, 0.1) is 0 Å². The zero-order chi connectivity index (χ0) is 19.1. The Labute approximate surface area is 166 Å². The smallest absolute Gasteiger partial charge is 0.148 e. The van der Waals surface area contributed by atoms with Crippen molar-refractivity contribution in [1.29, 1.82) is 0 Å². The van der Waals surface area contributed by atoms with E-state index in [9.17, 15) is 5.11 Å². The predicted octanol–water partition coefficient (Wildman–Crippen LogP) is 5.00. The lowest BCUT2D eigenvalue weighted by Crippen LogP contribution is -2.28. The Bertz CT molecular complexity index is 1170. The van der Waals surface area contributed by atoms with E-state index < -0.39 is 5.60 Å². The monoisotopic (exact) mass is 359 g/mol. The van der Waals surface area contributed by atoms with Gasteiger partial charge in [0, 0.05) is 11.1 Å². The SMILES string of the molecule is C[B]c1ccc2c(c1)C(O)(c1ccccc1-c1ccccc1)c1ccccc1-2. The summed E-state index contributed by atoms with van der Waals surface area (Å²) in [5.74, 6) is 0. The van der Waals surface area contributed by atoms with Crippen LogP contribution in [0.3, 0.4) is 0 Å². The van der Waals surface area contributed by atoms with Crippen molar-refractivity contribution < 1.29 is 5.11 Å². The van der Waals surface area contributed by atoms with Crippen LogP contribution in [0.25, 0.3) is 22.3 Å². The number of aliphatic hydroxyl groups is 1. The van der Waals surface area contributed by atoms with Crippen LogP contribution in [0.1, 0.15) is 16.7 Å². The van der Waals surface area contributed by atoms with Gasteiger partial charge in [-0.2, -0.15) is 0 Å². The summed E-state index contributed by atoms with van der Waals surface area (Å²) in [5.41, 5.74) is 7.11. The van der Waals surface area contributed by atoms with Gasteiger partial charge in [0.25, 0.3) is 0 Å². The van der Waals surface area contributed by atoms with Crippen LogP contribution in [-0.4, -0.2) is 12.4 Å². The van der Waals surface area contributed by atoms with Crippen LogP contribution in [0.4, 0.5) is 0 Å². The van der Waals surface area contributed by atoms with Gasteiger partial charge in [-0.25, -0.2) is 0 Å². The van der Waals surface area contributed by atoms with Crippen molar-refractivity contribution in [2.45, 2.75) is 12.4 Å². The van der Waals surface area contributed by atoms with Gasteiger partial charge < -0.3 is 5.11 Å². The zero-order valence-corrected chi connectivity index (χ0v) is 15.8. The zero-order valence-electron chi connectivity index (χ0n) is 15.8. The lowest BCUT2D eigenvalue weighted by atomic mass is 9.71. The second kappa shape index (κ2) is 6.51. The van der Waals surface area contributed by atoms with Crippen molar-refractivity contribution in [3.8, 4) is 22.3 Å². The van der Waals surface area contributed by atoms with Crippen LogP contribution in [0, 0.1) is 0 Å². The molecule has 5 rings (SSSR count). The summed E-state index contributed by atoms with van der Waals surface area (Å²) < 4.78 is 0. The molecule has 0 saturated heterocycles. The van der Waals surface area contributed by atoms with E-state index in [1.165, 1.54) is 0 Å².